The first-order valence-electron chi connectivity index (χ1n) is 7.85. The number of hydrogen-bond acceptors (Lipinski definition) is 2. The maximum atomic E-state index is 12.9. The summed E-state index contributed by atoms with van der Waals surface area (Å²) >= 11 is 0. The fraction of sp³-hybridized carbons (Fsp3) is 0.278. The number of fused-ring (bicyclic) bond motifs is 1. The molecule has 3 nitrogen and oxygen atoms in total. The lowest BCUT2D eigenvalue weighted by Gasteiger charge is -2.15. The lowest BCUT2D eigenvalue weighted by molar-refractivity contribution is -0.143. The van der Waals surface area contributed by atoms with Crippen molar-refractivity contribution in [1.29, 1.82) is 0 Å². The molecule has 1 atom stereocenters. The Morgan fingerprint density at radius 1 is 1.00 bits per heavy atom. The lowest BCUT2D eigenvalue weighted by atomic mass is 10.0. The van der Waals surface area contributed by atoms with Gasteiger partial charge >= 0.3 is 12.4 Å². The van der Waals surface area contributed by atoms with Crippen LogP contribution in [0.25, 0.3) is 0 Å². The van der Waals surface area contributed by atoms with Crippen LogP contribution in [0.5, 0.6) is 5.75 Å². The van der Waals surface area contributed by atoms with E-state index in [1.807, 2.05) is 0 Å². The molecule has 1 aliphatic rings. The highest BCUT2D eigenvalue weighted by Gasteiger charge is 2.37. The molecular formula is C18H13F6NO2. The van der Waals surface area contributed by atoms with E-state index in [4.69, 9.17) is 4.74 Å². The average molecular weight is 389 g/mol. The van der Waals surface area contributed by atoms with Crippen LogP contribution in [0, 0.1) is 0 Å². The molecule has 1 heterocycles. The minimum Gasteiger partial charge on any atom is -0.493 e. The molecule has 2 aromatic rings. The molecule has 0 fully saturated rings. The van der Waals surface area contributed by atoms with Crippen LogP contribution < -0.4 is 10.1 Å². The molecular weight excluding hydrogens is 376 g/mol. The molecule has 1 unspecified atom stereocenters. The summed E-state index contributed by atoms with van der Waals surface area (Å²) in [5, 5.41) is 2.39. The van der Waals surface area contributed by atoms with Gasteiger partial charge in [-0.2, -0.15) is 26.3 Å². The van der Waals surface area contributed by atoms with Crippen LogP contribution in [0.2, 0.25) is 0 Å². The second kappa shape index (κ2) is 6.79. The van der Waals surface area contributed by atoms with Gasteiger partial charge in [-0.05, 0) is 24.3 Å². The van der Waals surface area contributed by atoms with Gasteiger partial charge in [0.15, 0.2) is 0 Å². The maximum absolute atomic E-state index is 12.9. The van der Waals surface area contributed by atoms with Gasteiger partial charge in [0, 0.05) is 23.6 Å². The van der Waals surface area contributed by atoms with Crippen molar-refractivity contribution in [2.24, 2.45) is 0 Å². The summed E-state index contributed by atoms with van der Waals surface area (Å²) in [6.45, 7) is 0.281. The van der Waals surface area contributed by atoms with Crippen molar-refractivity contribution in [3.05, 3.63) is 64.7 Å². The summed E-state index contributed by atoms with van der Waals surface area (Å²) in [7, 11) is 0. The van der Waals surface area contributed by atoms with Gasteiger partial charge in [-0.15, -0.1) is 0 Å². The largest absolute Gasteiger partial charge is 0.493 e. The van der Waals surface area contributed by atoms with E-state index in [0.29, 0.717) is 17.9 Å². The standard InChI is InChI=1S/C18H13F6NO2/c19-17(20,21)12-5-10(6-13(7-12)18(22,23)24)16(26)25-8-11-9-27-15-4-2-1-3-14(11)15/h1-7,11H,8-9H2,(H,25,26). The summed E-state index contributed by atoms with van der Waals surface area (Å²) in [5.41, 5.74) is -2.95. The van der Waals surface area contributed by atoms with Crippen LogP contribution in [0.3, 0.4) is 0 Å². The summed E-state index contributed by atoms with van der Waals surface area (Å²) < 4.78 is 82.7. The van der Waals surface area contributed by atoms with Gasteiger partial charge in [-0.3, -0.25) is 4.79 Å². The number of ether oxygens (including phenoxy) is 1. The molecule has 9 heteroatoms. The van der Waals surface area contributed by atoms with E-state index in [-0.39, 0.29) is 25.1 Å². The van der Waals surface area contributed by atoms with Crippen LogP contribution in [0.1, 0.15) is 33.0 Å². The quantitative estimate of drug-likeness (QED) is 0.778. The van der Waals surface area contributed by atoms with Gasteiger partial charge in [0.05, 0.1) is 17.7 Å². The number of nitrogens with one attached hydrogen (secondary N) is 1. The number of rotatable bonds is 3. The zero-order valence-electron chi connectivity index (χ0n) is 13.6. The van der Waals surface area contributed by atoms with Crippen molar-refractivity contribution in [2.45, 2.75) is 18.3 Å². The van der Waals surface area contributed by atoms with E-state index < -0.39 is 35.0 Å². The molecule has 0 saturated carbocycles. The number of halogens is 6. The third-order valence-corrected chi connectivity index (χ3v) is 4.16. The van der Waals surface area contributed by atoms with E-state index in [1.54, 1.807) is 24.3 Å². The summed E-state index contributed by atoms with van der Waals surface area (Å²) in [5.74, 6) is -0.621. The van der Waals surface area contributed by atoms with Gasteiger partial charge < -0.3 is 10.1 Å². The second-order valence-electron chi connectivity index (χ2n) is 6.05. The first-order valence-corrected chi connectivity index (χ1v) is 7.85. The molecule has 0 spiro atoms. The van der Waals surface area contributed by atoms with E-state index in [2.05, 4.69) is 5.32 Å². The SMILES string of the molecule is O=C(NCC1COc2ccccc21)c1cc(C(F)(F)F)cc(C(F)(F)F)c1. The van der Waals surface area contributed by atoms with Gasteiger partial charge in [0.1, 0.15) is 5.75 Å². The molecule has 0 radical (unpaired) electrons. The monoisotopic (exact) mass is 389 g/mol. The number of carbonyl (C=O) groups is 1. The Hall–Kier alpha value is -2.71. The van der Waals surface area contributed by atoms with Crippen molar-refractivity contribution in [2.75, 3.05) is 13.2 Å². The number of amides is 1. The minimum absolute atomic E-state index is 0.0160. The highest BCUT2D eigenvalue weighted by molar-refractivity contribution is 5.94. The highest BCUT2D eigenvalue weighted by Crippen LogP contribution is 2.36. The first kappa shape index (κ1) is 19.1. The zero-order valence-corrected chi connectivity index (χ0v) is 13.6. The van der Waals surface area contributed by atoms with Crippen molar-refractivity contribution >= 4 is 5.91 Å². The Morgan fingerprint density at radius 3 is 2.19 bits per heavy atom. The van der Waals surface area contributed by atoms with Crippen molar-refractivity contribution in [1.82, 2.24) is 5.32 Å². The highest BCUT2D eigenvalue weighted by atomic mass is 19.4. The number of carbonyl (C=O) groups excluding carboxylic acids is 1. The fourth-order valence-corrected chi connectivity index (χ4v) is 2.80. The van der Waals surface area contributed by atoms with Crippen molar-refractivity contribution < 1.29 is 35.9 Å². The van der Waals surface area contributed by atoms with E-state index in [9.17, 15) is 31.1 Å². The third-order valence-electron chi connectivity index (χ3n) is 4.16. The first-order chi connectivity index (χ1) is 12.6. The van der Waals surface area contributed by atoms with Crippen molar-refractivity contribution in [3.8, 4) is 5.75 Å². The average Bonchev–Trinajstić information content (AvgIpc) is 3.01. The Labute approximate surface area is 149 Å². The summed E-state index contributed by atoms with van der Waals surface area (Å²) in [4.78, 5) is 12.2. The zero-order chi connectivity index (χ0) is 19.8. The third kappa shape index (κ3) is 4.17. The van der Waals surface area contributed by atoms with Gasteiger partial charge in [-0.1, -0.05) is 18.2 Å². The Morgan fingerprint density at radius 2 is 1.59 bits per heavy atom. The van der Waals surface area contributed by atoms with Crippen LogP contribution in [-0.4, -0.2) is 19.1 Å². The van der Waals surface area contributed by atoms with E-state index in [1.165, 1.54) is 0 Å². The number of para-hydroxylation sites is 1. The van der Waals surface area contributed by atoms with Gasteiger partial charge in [0.25, 0.3) is 5.91 Å². The molecule has 3 rings (SSSR count). The van der Waals surface area contributed by atoms with Crippen LogP contribution in [0.4, 0.5) is 26.3 Å². The van der Waals surface area contributed by atoms with Crippen molar-refractivity contribution in [3.63, 3.8) is 0 Å². The Kier molecular flexibility index (Phi) is 4.79. The summed E-state index contributed by atoms with van der Waals surface area (Å²) in [6.07, 6.45) is -10.0. The summed E-state index contributed by atoms with van der Waals surface area (Å²) in [6, 6.07) is 7.85. The van der Waals surface area contributed by atoms with Gasteiger partial charge in [-0.25, -0.2) is 0 Å². The predicted molar refractivity (Wildman–Crippen MR) is 83.5 cm³/mol. The molecule has 1 aliphatic heterocycles. The molecule has 0 aromatic heterocycles. The molecule has 144 valence electrons. The molecule has 1 N–H and O–H groups in total. The maximum Gasteiger partial charge on any atom is 0.416 e. The second-order valence-corrected chi connectivity index (χ2v) is 6.05. The molecule has 2 aromatic carbocycles. The number of hydrogen-bond donors (Lipinski definition) is 1. The fourth-order valence-electron chi connectivity index (χ4n) is 2.80. The predicted octanol–water partition coefficient (Wildman–Crippen LogP) is 4.63. The Balaban J connectivity index is 1.80. The Bertz CT molecular complexity index is 827. The topological polar surface area (TPSA) is 38.3 Å². The lowest BCUT2D eigenvalue weighted by Crippen LogP contribution is -2.29. The normalized spacial score (nSPS) is 16.6. The molecule has 0 aliphatic carbocycles. The van der Waals surface area contributed by atoms with Crippen LogP contribution in [-0.2, 0) is 12.4 Å². The van der Waals surface area contributed by atoms with Crippen LogP contribution >= 0.6 is 0 Å². The molecule has 0 bridgehead atoms. The molecule has 27 heavy (non-hydrogen) atoms. The smallest absolute Gasteiger partial charge is 0.416 e. The number of alkyl halides is 6. The minimum atomic E-state index is -5.01. The van der Waals surface area contributed by atoms with E-state index in [0.717, 1.165) is 5.56 Å². The number of benzene rings is 2. The molecule has 1 amide bonds. The molecule has 0 saturated heterocycles. The van der Waals surface area contributed by atoms with Crippen LogP contribution in [0.15, 0.2) is 42.5 Å². The van der Waals surface area contributed by atoms with E-state index >= 15 is 0 Å². The van der Waals surface area contributed by atoms with Gasteiger partial charge in [0.2, 0.25) is 0 Å².